The number of hydrogen-bond donors (Lipinski definition) is 0. The van der Waals surface area contributed by atoms with Crippen LogP contribution in [0.5, 0.6) is 5.75 Å². The summed E-state index contributed by atoms with van der Waals surface area (Å²) in [4.78, 5) is 7.31. The predicted octanol–water partition coefficient (Wildman–Crippen LogP) is 4.91. The van der Waals surface area contributed by atoms with Gasteiger partial charge in [0, 0.05) is 62.1 Å². The van der Waals surface area contributed by atoms with Crippen LogP contribution in [0.2, 0.25) is 0 Å². The summed E-state index contributed by atoms with van der Waals surface area (Å²) in [6.07, 6.45) is 5.36. The Hall–Kier alpha value is -2.50. The van der Waals surface area contributed by atoms with E-state index in [0.29, 0.717) is 0 Å². The Balaban J connectivity index is 1.08. The first-order chi connectivity index (χ1) is 14.8. The molecule has 3 heterocycles. The summed E-state index contributed by atoms with van der Waals surface area (Å²) in [5.41, 5.74) is 4.04. The number of piperazine rings is 1. The molecular formula is C25H29N3OS. The Kier molecular flexibility index (Phi) is 5.65. The second-order valence-electron chi connectivity index (χ2n) is 8.23. The number of ether oxygens (including phenoxy) is 1. The quantitative estimate of drug-likeness (QED) is 0.529. The average Bonchev–Trinajstić information content (AvgIpc) is 3.26. The normalized spacial score (nSPS) is 16.8. The molecule has 0 unspecified atom stereocenters. The largest absolute Gasteiger partial charge is 0.494 e. The molecule has 30 heavy (non-hydrogen) atoms. The standard InChI is InChI=1S/C25H29N3OS/c1-26-11-8-20-18-22(7-6-21(20)19-26)29-16-3-10-27-12-14-28(15-13-27)24-4-2-5-25-23(24)9-17-30-25/h2,4-9,11,17-18H,3,10,12-16,19H2,1H3. The van der Waals surface area contributed by atoms with Crippen molar-refractivity contribution in [3.05, 3.63) is 65.2 Å². The first-order valence-electron chi connectivity index (χ1n) is 10.8. The van der Waals surface area contributed by atoms with Crippen molar-refractivity contribution >= 4 is 33.2 Å². The Morgan fingerprint density at radius 3 is 2.83 bits per heavy atom. The van der Waals surface area contributed by atoms with Gasteiger partial charge in [0.15, 0.2) is 0 Å². The first-order valence-corrected chi connectivity index (χ1v) is 11.7. The van der Waals surface area contributed by atoms with E-state index in [9.17, 15) is 0 Å². The average molecular weight is 420 g/mol. The summed E-state index contributed by atoms with van der Waals surface area (Å²) in [6.45, 7) is 7.29. The summed E-state index contributed by atoms with van der Waals surface area (Å²) in [5.74, 6) is 0.983. The third-order valence-electron chi connectivity index (χ3n) is 6.12. The summed E-state index contributed by atoms with van der Waals surface area (Å²) in [5, 5.41) is 3.60. The predicted molar refractivity (Wildman–Crippen MR) is 128 cm³/mol. The Labute approximate surface area is 183 Å². The summed E-state index contributed by atoms with van der Waals surface area (Å²) in [7, 11) is 2.10. The van der Waals surface area contributed by atoms with Gasteiger partial charge in [-0.1, -0.05) is 12.1 Å². The van der Waals surface area contributed by atoms with Gasteiger partial charge < -0.3 is 14.5 Å². The number of fused-ring (bicyclic) bond motifs is 2. The topological polar surface area (TPSA) is 19.0 Å². The van der Waals surface area contributed by atoms with Crippen molar-refractivity contribution in [2.45, 2.75) is 13.0 Å². The Bertz CT molecular complexity index is 1040. The molecule has 0 saturated carbocycles. The Morgan fingerprint density at radius 2 is 1.93 bits per heavy atom. The molecule has 156 valence electrons. The van der Waals surface area contributed by atoms with Crippen molar-refractivity contribution in [2.75, 3.05) is 51.3 Å². The third kappa shape index (κ3) is 4.18. The maximum atomic E-state index is 6.04. The van der Waals surface area contributed by atoms with Gasteiger partial charge >= 0.3 is 0 Å². The number of hydrogen-bond acceptors (Lipinski definition) is 5. The van der Waals surface area contributed by atoms with Gasteiger partial charge in [0.25, 0.3) is 0 Å². The zero-order valence-electron chi connectivity index (χ0n) is 17.6. The third-order valence-corrected chi connectivity index (χ3v) is 7.00. The molecule has 2 aliphatic heterocycles. The van der Waals surface area contributed by atoms with Crippen molar-refractivity contribution in [3.63, 3.8) is 0 Å². The van der Waals surface area contributed by atoms with Crippen LogP contribution in [0.15, 0.2) is 54.0 Å². The minimum absolute atomic E-state index is 0.775. The van der Waals surface area contributed by atoms with Crippen LogP contribution in [0.3, 0.4) is 0 Å². The van der Waals surface area contributed by atoms with Gasteiger partial charge in [-0.3, -0.25) is 4.90 Å². The highest BCUT2D eigenvalue weighted by Gasteiger charge is 2.18. The molecule has 2 aliphatic rings. The maximum absolute atomic E-state index is 6.04. The molecule has 0 atom stereocenters. The van der Waals surface area contributed by atoms with E-state index in [2.05, 4.69) is 81.9 Å². The monoisotopic (exact) mass is 419 g/mol. The lowest BCUT2D eigenvalue weighted by Gasteiger charge is -2.36. The van der Waals surface area contributed by atoms with E-state index >= 15 is 0 Å². The fraction of sp³-hybridized carbons (Fsp3) is 0.360. The molecule has 1 saturated heterocycles. The number of rotatable bonds is 6. The SMILES string of the molecule is CN1C=Cc2cc(OCCCN3CCN(c4cccc5sccc45)CC3)ccc2C1. The van der Waals surface area contributed by atoms with Crippen molar-refractivity contribution in [1.29, 1.82) is 0 Å². The molecule has 4 nitrogen and oxygen atoms in total. The highest BCUT2D eigenvalue weighted by atomic mass is 32.1. The molecule has 1 aromatic heterocycles. The molecule has 0 amide bonds. The molecule has 0 aliphatic carbocycles. The molecule has 1 fully saturated rings. The van der Waals surface area contributed by atoms with Gasteiger partial charge in [0.2, 0.25) is 0 Å². The van der Waals surface area contributed by atoms with Gasteiger partial charge in [-0.25, -0.2) is 0 Å². The van der Waals surface area contributed by atoms with Gasteiger partial charge in [0.1, 0.15) is 5.75 Å². The van der Waals surface area contributed by atoms with Gasteiger partial charge in [-0.2, -0.15) is 0 Å². The van der Waals surface area contributed by atoms with Crippen LogP contribution in [0, 0.1) is 0 Å². The van der Waals surface area contributed by atoms with E-state index in [1.54, 1.807) is 0 Å². The van der Waals surface area contributed by atoms with Crippen molar-refractivity contribution in [3.8, 4) is 5.75 Å². The lowest BCUT2D eigenvalue weighted by Crippen LogP contribution is -2.46. The summed E-state index contributed by atoms with van der Waals surface area (Å²) < 4.78 is 7.42. The van der Waals surface area contributed by atoms with Gasteiger partial charge in [0.05, 0.1) is 6.61 Å². The molecule has 2 aromatic carbocycles. The van der Waals surface area contributed by atoms with Crippen LogP contribution in [0.1, 0.15) is 17.5 Å². The van der Waals surface area contributed by atoms with Crippen LogP contribution in [-0.4, -0.2) is 56.2 Å². The lowest BCUT2D eigenvalue weighted by atomic mass is 10.0. The molecule has 5 rings (SSSR count). The number of benzene rings is 2. The fourth-order valence-electron chi connectivity index (χ4n) is 4.44. The maximum Gasteiger partial charge on any atom is 0.119 e. The summed E-state index contributed by atoms with van der Waals surface area (Å²) >= 11 is 1.83. The van der Waals surface area contributed by atoms with Crippen LogP contribution >= 0.6 is 11.3 Å². The first kappa shape index (κ1) is 19.5. The Morgan fingerprint density at radius 1 is 1.03 bits per heavy atom. The minimum Gasteiger partial charge on any atom is -0.494 e. The molecule has 0 radical (unpaired) electrons. The van der Waals surface area contributed by atoms with Crippen molar-refractivity contribution < 1.29 is 4.74 Å². The second kappa shape index (κ2) is 8.70. The van der Waals surface area contributed by atoms with E-state index < -0.39 is 0 Å². The van der Waals surface area contributed by atoms with E-state index in [1.165, 1.54) is 26.9 Å². The minimum atomic E-state index is 0.775. The van der Waals surface area contributed by atoms with Crippen molar-refractivity contribution in [1.82, 2.24) is 9.80 Å². The number of thiophene rings is 1. The smallest absolute Gasteiger partial charge is 0.119 e. The van der Waals surface area contributed by atoms with E-state index in [1.807, 2.05) is 11.3 Å². The highest BCUT2D eigenvalue weighted by Crippen LogP contribution is 2.31. The van der Waals surface area contributed by atoms with E-state index in [-0.39, 0.29) is 0 Å². The fourth-order valence-corrected chi connectivity index (χ4v) is 5.24. The van der Waals surface area contributed by atoms with Gasteiger partial charge in [-0.15, -0.1) is 11.3 Å². The van der Waals surface area contributed by atoms with Crippen LogP contribution < -0.4 is 9.64 Å². The lowest BCUT2D eigenvalue weighted by molar-refractivity contribution is 0.225. The molecule has 3 aromatic rings. The number of nitrogens with zero attached hydrogens (tertiary/aromatic N) is 3. The number of anilines is 1. The summed E-state index contributed by atoms with van der Waals surface area (Å²) in [6, 6.07) is 15.4. The van der Waals surface area contributed by atoms with Crippen molar-refractivity contribution in [2.24, 2.45) is 0 Å². The van der Waals surface area contributed by atoms with E-state index in [4.69, 9.17) is 4.74 Å². The molecule has 0 N–H and O–H groups in total. The van der Waals surface area contributed by atoms with Gasteiger partial charge in [-0.05, 0) is 65.5 Å². The van der Waals surface area contributed by atoms with Crippen LogP contribution in [0.25, 0.3) is 16.2 Å². The molecule has 0 spiro atoms. The molecule has 0 bridgehead atoms. The zero-order chi connectivity index (χ0) is 20.3. The van der Waals surface area contributed by atoms with E-state index in [0.717, 1.165) is 58.0 Å². The van der Waals surface area contributed by atoms with Crippen LogP contribution in [-0.2, 0) is 6.54 Å². The second-order valence-corrected chi connectivity index (χ2v) is 9.18. The molecular weight excluding hydrogens is 390 g/mol. The zero-order valence-corrected chi connectivity index (χ0v) is 18.4. The highest BCUT2D eigenvalue weighted by molar-refractivity contribution is 7.17. The molecule has 5 heteroatoms. The van der Waals surface area contributed by atoms with Crippen LogP contribution in [0.4, 0.5) is 5.69 Å².